The van der Waals surface area contributed by atoms with E-state index in [2.05, 4.69) is 29.3 Å². The largest absolute Gasteiger partial charge is 0.378 e. The lowest BCUT2D eigenvalue weighted by Crippen LogP contribution is -2.44. The van der Waals surface area contributed by atoms with Crippen LogP contribution < -0.4 is 5.32 Å². The molecule has 1 amide bonds. The minimum Gasteiger partial charge on any atom is -0.378 e. The van der Waals surface area contributed by atoms with Gasteiger partial charge in [-0.15, -0.1) is 0 Å². The van der Waals surface area contributed by atoms with Crippen molar-refractivity contribution in [3.05, 3.63) is 11.7 Å². The molecule has 0 aromatic carbocycles. The SMILES string of the molecule is CC(C)COC(C)c1noc(CN(C)C(=O)CC2COCCN2)n1. The number of aromatic nitrogens is 2. The lowest BCUT2D eigenvalue weighted by molar-refractivity contribution is -0.132. The zero-order valence-corrected chi connectivity index (χ0v) is 14.9. The molecule has 8 nitrogen and oxygen atoms in total. The average Bonchev–Trinajstić information content (AvgIpc) is 3.02. The minimum atomic E-state index is -0.227. The molecule has 2 atom stereocenters. The van der Waals surface area contributed by atoms with Crippen molar-refractivity contribution in [3.63, 3.8) is 0 Å². The van der Waals surface area contributed by atoms with Crippen LogP contribution in [0.3, 0.4) is 0 Å². The monoisotopic (exact) mass is 340 g/mol. The van der Waals surface area contributed by atoms with Gasteiger partial charge in [0.2, 0.25) is 11.8 Å². The van der Waals surface area contributed by atoms with Crippen LogP contribution in [0, 0.1) is 5.92 Å². The number of carbonyl (C=O) groups is 1. The Hall–Kier alpha value is -1.51. The van der Waals surface area contributed by atoms with Crippen LogP contribution >= 0.6 is 0 Å². The van der Waals surface area contributed by atoms with E-state index < -0.39 is 0 Å². The van der Waals surface area contributed by atoms with E-state index in [1.165, 1.54) is 0 Å². The zero-order valence-electron chi connectivity index (χ0n) is 14.9. The van der Waals surface area contributed by atoms with E-state index in [1.807, 2.05) is 6.92 Å². The predicted molar refractivity (Wildman–Crippen MR) is 87.2 cm³/mol. The van der Waals surface area contributed by atoms with Crippen LogP contribution in [0.1, 0.15) is 45.0 Å². The standard InChI is InChI=1S/C16H28N4O4/c1-11(2)9-23-12(3)16-18-14(24-19-16)8-20(4)15(21)7-13-10-22-6-5-17-13/h11-13,17H,5-10H2,1-4H3. The van der Waals surface area contributed by atoms with Gasteiger partial charge in [0.25, 0.3) is 0 Å². The van der Waals surface area contributed by atoms with Crippen LogP contribution in [-0.4, -0.2) is 60.4 Å². The number of carbonyl (C=O) groups excluding carboxylic acids is 1. The van der Waals surface area contributed by atoms with Crippen molar-refractivity contribution in [2.45, 2.75) is 45.9 Å². The van der Waals surface area contributed by atoms with Gasteiger partial charge in [-0.05, 0) is 12.8 Å². The molecule has 24 heavy (non-hydrogen) atoms. The van der Waals surface area contributed by atoms with Crippen LogP contribution in [0.25, 0.3) is 0 Å². The maximum Gasteiger partial charge on any atom is 0.246 e. The molecule has 2 rings (SSSR count). The van der Waals surface area contributed by atoms with E-state index in [9.17, 15) is 4.79 Å². The van der Waals surface area contributed by atoms with Gasteiger partial charge >= 0.3 is 0 Å². The summed E-state index contributed by atoms with van der Waals surface area (Å²) in [7, 11) is 1.73. The number of morpholine rings is 1. The summed E-state index contributed by atoms with van der Waals surface area (Å²) in [5, 5.41) is 7.21. The fraction of sp³-hybridized carbons (Fsp3) is 0.812. The number of ether oxygens (including phenoxy) is 2. The Morgan fingerprint density at radius 1 is 1.46 bits per heavy atom. The average molecular weight is 340 g/mol. The van der Waals surface area contributed by atoms with E-state index in [0.717, 1.165) is 6.54 Å². The summed E-state index contributed by atoms with van der Waals surface area (Å²) >= 11 is 0. The highest BCUT2D eigenvalue weighted by molar-refractivity contribution is 5.76. The molecule has 136 valence electrons. The first kappa shape index (κ1) is 18.8. The van der Waals surface area contributed by atoms with Crippen LogP contribution in [0.15, 0.2) is 4.52 Å². The Balaban J connectivity index is 1.80. The Kier molecular flexibility index (Phi) is 7.14. The molecular formula is C16H28N4O4. The third-order valence-corrected chi connectivity index (χ3v) is 3.74. The van der Waals surface area contributed by atoms with Gasteiger partial charge in [-0.2, -0.15) is 4.98 Å². The molecule has 0 saturated carbocycles. The smallest absolute Gasteiger partial charge is 0.246 e. The van der Waals surface area contributed by atoms with E-state index in [-0.39, 0.29) is 24.6 Å². The summed E-state index contributed by atoms with van der Waals surface area (Å²) in [5.41, 5.74) is 0. The Bertz CT molecular complexity index is 514. The van der Waals surface area contributed by atoms with Crippen LogP contribution in [0.2, 0.25) is 0 Å². The lowest BCUT2D eigenvalue weighted by atomic mass is 10.2. The fourth-order valence-corrected chi connectivity index (χ4v) is 2.32. The van der Waals surface area contributed by atoms with Crippen molar-refractivity contribution in [2.75, 3.05) is 33.4 Å². The topological polar surface area (TPSA) is 89.7 Å². The maximum atomic E-state index is 12.2. The minimum absolute atomic E-state index is 0.0156. The maximum absolute atomic E-state index is 12.2. The molecule has 2 unspecified atom stereocenters. The van der Waals surface area contributed by atoms with E-state index in [0.29, 0.717) is 43.9 Å². The highest BCUT2D eigenvalue weighted by Gasteiger charge is 2.21. The van der Waals surface area contributed by atoms with E-state index in [4.69, 9.17) is 14.0 Å². The zero-order chi connectivity index (χ0) is 17.5. The van der Waals surface area contributed by atoms with Crippen molar-refractivity contribution in [1.29, 1.82) is 0 Å². The van der Waals surface area contributed by atoms with Crippen LogP contribution in [-0.2, 0) is 20.8 Å². The Morgan fingerprint density at radius 3 is 2.92 bits per heavy atom. The lowest BCUT2D eigenvalue weighted by Gasteiger charge is -2.25. The van der Waals surface area contributed by atoms with Gasteiger partial charge in [0, 0.05) is 32.7 Å². The molecule has 0 spiro atoms. The first-order valence-corrected chi connectivity index (χ1v) is 8.45. The van der Waals surface area contributed by atoms with Gasteiger partial charge in [-0.1, -0.05) is 19.0 Å². The van der Waals surface area contributed by atoms with E-state index in [1.54, 1.807) is 11.9 Å². The van der Waals surface area contributed by atoms with Crippen LogP contribution in [0.5, 0.6) is 0 Å². The highest BCUT2D eigenvalue weighted by atomic mass is 16.5. The summed E-state index contributed by atoms with van der Waals surface area (Å²) < 4.78 is 16.3. The van der Waals surface area contributed by atoms with Gasteiger partial charge < -0.3 is 24.2 Å². The second-order valence-corrected chi connectivity index (χ2v) is 6.60. The number of rotatable bonds is 8. The van der Waals surface area contributed by atoms with Crippen molar-refractivity contribution in [3.8, 4) is 0 Å². The Morgan fingerprint density at radius 2 is 2.25 bits per heavy atom. The van der Waals surface area contributed by atoms with Gasteiger partial charge in [-0.25, -0.2) is 0 Å². The molecule has 1 aromatic rings. The van der Waals surface area contributed by atoms with Crippen LogP contribution in [0.4, 0.5) is 0 Å². The second-order valence-electron chi connectivity index (χ2n) is 6.60. The molecule has 8 heteroatoms. The molecular weight excluding hydrogens is 312 g/mol. The summed E-state index contributed by atoms with van der Waals surface area (Å²) in [4.78, 5) is 18.2. The van der Waals surface area contributed by atoms with Crippen molar-refractivity contribution < 1.29 is 18.8 Å². The van der Waals surface area contributed by atoms with Gasteiger partial charge in [-0.3, -0.25) is 4.79 Å². The number of nitrogens with one attached hydrogen (secondary N) is 1. The summed E-state index contributed by atoms with van der Waals surface area (Å²) in [6.45, 7) is 9.03. The van der Waals surface area contributed by atoms with Crippen molar-refractivity contribution in [2.24, 2.45) is 5.92 Å². The third-order valence-electron chi connectivity index (χ3n) is 3.74. The van der Waals surface area contributed by atoms with Crippen molar-refractivity contribution in [1.82, 2.24) is 20.4 Å². The molecule has 0 bridgehead atoms. The van der Waals surface area contributed by atoms with E-state index >= 15 is 0 Å². The highest BCUT2D eigenvalue weighted by Crippen LogP contribution is 2.15. The van der Waals surface area contributed by atoms with Crippen molar-refractivity contribution >= 4 is 5.91 Å². The molecule has 1 aromatic heterocycles. The number of amides is 1. The summed E-state index contributed by atoms with van der Waals surface area (Å²) in [5.74, 6) is 1.38. The normalized spacial score (nSPS) is 19.5. The first-order chi connectivity index (χ1) is 11.5. The Labute approximate surface area is 142 Å². The molecule has 1 saturated heterocycles. The molecule has 0 radical (unpaired) electrons. The van der Waals surface area contributed by atoms with Gasteiger partial charge in [0.15, 0.2) is 5.82 Å². The summed E-state index contributed by atoms with van der Waals surface area (Å²) in [6, 6.07) is 0.0661. The third kappa shape index (κ3) is 5.85. The molecule has 1 aliphatic heterocycles. The molecule has 1 N–H and O–H groups in total. The van der Waals surface area contributed by atoms with Gasteiger partial charge in [0.05, 0.1) is 19.8 Å². The molecule has 0 aliphatic carbocycles. The second kappa shape index (κ2) is 9.10. The first-order valence-electron chi connectivity index (χ1n) is 8.45. The fourth-order valence-electron chi connectivity index (χ4n) is 2.32. The number of hydrogen-bond donors (Lipinski definition) is 1. The number of nitrogens with zero attached hydrogens (tertiary/aromatic N) is 3. The number of hydrogen-bond acceptors (Lipinski definition) is 7. The molecule has 1 fully saturated rings. The molecule has 2 heterocycles. The quantitative estimate of drug-likeness (QED) is 0.759. The summed E-state index contributed by atoms with van der Waals surface area (Å²) in [6.07, 6.45) is 0.167. The van der Waals surface area contributed by atoms with Gasteiger partial charge in [0.1, 0.15) is 6.10 Å². The predicted octanol–water partition coefficient (Wildman–Crippen LogP) is 1.14. The molecule has 1 aliphatic rings.